The van der Waals surface area contributed by atoms with Gasteiger partial charge in [-0.1, -0.05) is 34.1 Å². The van der Waals surface area contributed by atoms with Gasteiger partial charge in [0.2, 0.25) is 0 Å². The molecule has 0 aliphatic heterocycles. The van der Waals surface area contributed by atoms with Crippen LogP contribution in [0.15, 0.2) is 45.3 Å². The maximum Gasteiger partial charge on any atom is 0.161 e. The highest BCUT2D eigenvalue weighted by Crippen LogP contribution is 2.27. The molecule has 0 spiro atoms. The van der Waals surface area contributed by atoms with Gasteiger partial charge in [0.15, 0.2) is 5.82 Å². The van der Waals surface area contributed by atoms with E-state index < -0.39 is 5.82 Å². The molecule has 2 rings (SSSR count). The van der Waals surface area contributed by atoms with Gasteiger partial charge in [-0.3, -0.25) is 0 Å². The van der Waals surface area contributed by atoms with E-state index in [4.69, 9.17) is 5.26 Å². The molecule has 0 bridgehead atoms. The van der Waals surface area contributed by atoms with E-state index in [1.54, 1.807) is 12.1 Å². The van der Waals surface area contributed by atoms with Crippen LogP contribution in [-0.2, 0) is 6.54 Å². The Hall–Kier alpha value is -1.38. The molecule has 1 N–H and O–H groups in total. The lowest BCUT2D eigenvalue weighted by Crippen LogP contribution is -2.03. The van der Waals surface area contributed by atoms with Gasteiger partial charge in [-0.05, 0) is 39.7 Å². The molecule has 0 aliphatic rings. The highest BCUT2D eigenvalue weighted by molar-refractivity contribution is 9.10. The van der Waals surface area contributed by atoms with Crippen LogP contribution in [0.3, 0.4) is 0 Å². The van der Waals surface area contributed by atoms with Crippen molar-refractivity contribution in [3.8, 4) is 6.07 Å². The van der Waals surface area contributed by atoms with E-state index in [1.165, 1.54) is 0 Å². The molecule has 0 saturated heterocycles. The van der Waals surface area contributed by atoms with Gasteiger partial charge in [-0.2, -0.15) is 5.26 Å². The first-order valence-corrected chi connectivity index (χ1v) is 7.07. The van der Waals surface area contributed by atoms with Crippen LogP contribution in [0.25, 0.3) is 0 Å². The van der Waals surface area contributed by atoms with Crippen molar-refractivity contribution >= 4 is 37.5 Å². The number of rotatable bonds is 3. The predicted molar refractivity (Wildman–Crippen MR) is 80.3 cm³/mol. The average molecular weight is 384 g/mol. The van der Waals surface area contributed by atoms with Gasteiger partial charge < -0.3 is 5.32 Å². The number of nitriles is 1. The molecule has 0 radical (unpaired) electrons. The van der Waals surface area contributed by atoms with Crippen molar-refractivity contribution < 1.29 is 4.39 Å². The molecule has 2 nitrogen and oxygen atoms in total. The lowest BCUT2D eigenvalue weighted by Gasteiger charge is -2.10. The SMILES string of the molecule is N#Cc1ccc(NCc2ccccc2Br)c(F)c1Br. The van der Waals surface area contributed by atoms with Crippen molar-refractivity contribution in [2.45, 2.75) is 6.54 Å². The Morgan fingerprint density at radius 1 is 1.16 bits per heavy atom. The van der Waals surface area contributed by atoms with Gasteiger partial charge in [0.05, 0.1) is 15.7 Å². The number of nitrogens with one attached hydrogen (secondary N) is 1. The molecule has 0 unspecified atom stereocenters. The molecule has 0 aliphatic carbocycles. The zero-order valence-corrected chi connectivity index (χ0v) is 12.9. The van der Waals surface area contributed by atoms with Crippen LogP contribution in [-0.4, -0.2) is 0 Å². The summed E-state index contributed by atoms with van der Waals surface area (Å²) < 4.78 is 15.1. The average Bonchev–Trinajstić information content (AvgIpc) is 2.42. The van der Waals surface area contributed by atoms with Crippen LogP contribution < -0.4 is 5.32 Å². The molecule has 2 aromatic carbocycles. The molecule has 0 heterocycles. The first kappa shape index (κ1) is 14.0. The number of halogens is 3. The molecule has 0 atom stereocenters. The summed E-state index contributed by atoms with van der Waals surface area (Å²) in [7, 11) is 0. The summed E-state index contributed by atoms with van der Waals surface area (Å²) in [5.74, 6) is -0.453. The third kappa shape index (κ3) is 3.14. The molecule has 0 amide bonds. The van der Waals surface area contributed by atoms with E-state index in [0.717, 1.165) is 10.0 Å². The third-order valence-corrected chi connectivity index (χ3v) is 4.18. The second kappa shape index (κ2) is 6.18. The van der Waals surface area contributed by atoms with E-state index in [2.05, 4.69) is 37.2 Å². The van der Waals surface area contributed by atoms with Crippen LogP contribution >= 0.6 is 31.9 Å². The minimum absolute atomic E-state index is 0.187. The normalized spacial score (nSPS) is 10.0. The van der Waals surface area contributed by atoms with Crippen molar-refractivity contribution in [1.82, 2.24) is 0 Å². The first-order chi connectivity index (χ1) is 9.13. The van der Waals surface area contributed by atoms with Gasteiger partial charge in [-0.25, -0.2) is 4.39 Å². The van der Waals surface area contributed by atoms with E-state index in [-0.39, 0.29) is 10.0 Å². The maximum atomic E-state index is 14.0. The minimum Gasteiger partial charge on any atom is -0.379 e. The lowest BCUT2D eigenvalue weighted by molar-refractivity contribution is 0.623. The predicted octanol–water partition coefficient (Wildman–Crippen LogP) is 4.83. The molecule has 5 heteroatoms. The number of hydrogen-bond donors (Lipinski definition) is 1. The first-order valence-electron chi connectivity index (χ1n) is 5.49. The number of anilines is 1. The Bertz CT molecular complexity index is 650. The summed E-state index contributed by atoms with van der Waals surface area (Å²) in [4.78, 5) is 0. The van der Waals surface area contributed by atoms with Crippen molar-refractivity contribution in [3.05, 3.63) is 62.3 Å². The fourth-order valence-corrected chi connectivity index (χ4v) is 2.46. The standard InChI is InChI=1S/C14H9Br2FN2/c15-11-4-2-1-3-10(11)8-19-12-6-5-9(7-18)13(16)14(12)17/h1-6,19H,8H2. The third-order valence-electron chi connectivity index (χ3n) is 2.63. The number of nitrogens with zero attached hydrogens (tertiary/aromatic N) is 1. The molecule has 0 fully saturated rings. The van der Waals surface area contributed by atoms with Crippen LogP contribution in [0.5, 0.6) is 0 Å². The van der Waals surface area contributed by atoms with Gasteiger partial charge in [0.25, 0.3) is 0 Å². The topological polar surface area (TPSA) is 35.8 Å². The summed E-state index contributed by atoms with van der Waals surface area (Å²) in [6.45, 7) is 0.497. The number of benzene rings is 2. The van der Waals surface area contributed by atoms with Crippen LogP contribution in [0.1, 0.15) is 11.1 Å². The zero-order valence-electron chi connectivity index (χ0n) is 9.75. The summed E-state index contributed by atoms with van der Waals surface area (Å²) in [6, 6.07) is 12.8. The van der Waals surface area contributed by atoms with E-state index in [1.807, 2.05) is 30.3 Å². The van der Waals surface area contributed by atoms with E-state index in [0.29, 0.717) is 12.2 Å². The zero-order chi connectivity index (χ0) is 13.8. The largest absolute Gasteiger partial charge is 0.379 e. The smallest absolute Gasteiger partial charge is 0.161 e. The lowest BCUT2D eigenvalue weighted by atomic mass is 10.2. The molecular weight excluding hydrogens is 375 g/mol. The summed E-state index contributed by atoms with van der Waals surface area (Å²) in [6.07, 6.45) is 0. The Morgan fingerprint density at radius 2 is 1.89 bits per heavy atom. The second-order valence-corrected chi connectivity index (χ2v) is 5.49. The van der Waals surface area contributed by atoms with Crippen LogP contribution in [0.4, 0.5) is 10.1 Å². The summed E-state index contributed by atoms with van der Waals surface area (Å²) >= 11 is 6.52. The van der Waals surface area contributed by atoms with Crippen LogP contribution in [0.2, 0.25) is 0 Å². The van der Waals surface area contributed by atoms with Gasteiger partial charge in [-0.15, -0.1) is 0 Å². The highest BCUT2D eigenvalue weighted by Gasteiger charge is 2.11. The molecule has 2 aromatic rings. The van der Waals surface area contributed by atoms with Crippen LogP contribution in [0, 0.1) is 17.1 Å². The van der Waals surface area contributed by atoms with Crippen molar-refractivity contribution in [1.29, 1.82) is 5.26 Å². The molecular formula is C14H9Br2FN2. The minimum atomic E-state index is -0.453. The molecule has 19 heavy (non-hydrogen) atoms. The molecule has 0 saturated carbocycles. The fourth-order valence-electron chi connectivity index (χ4n) is 1.60. The molecule has 0 aromatic heterocycles. The Morgan fingerprint density at radius 3 is 2.58 bits per heavy atom. The van der Waals surface area contributed by atoms with E-state index >= 15 is 0 Å². The quantitative estimate of drug-likeness (QED) is 0.823. The van der Waals surface area contributed by atoms with Crippen molar-refractivity contribution in [2.24, 2.45) is 0 Å². The second-order valence-electron chi connectivity index (χ2n) is 3.85. The van der Waals surface area contributed by atoms with Gasteiger partial charge >= 0.3 is 0 Å². The maximum absolute atomic E-state index is 14.0. The summed E-state index contributed by atoms with van der Waals surface area (Å²) in [5.41, 5.74) is 1.67. The fraction of sp³-hybridized carbons (Fsp3) is 0.0714. The monoisotopic (exact) mass is 382 g/mol. The Labute approximate surface area is 127 Å². The Kier molecular flexibility index (Phi) is 4.56. The number of hydrogen-bond acceptors (Lipinski definition) is 2. The Balaban J connectivity index is 2.20. The van der Waals surface area contributed by atoms with E-state index in [9.17, 15) is 4.39 Å². The summed E-state index contributed by atoms with van der Waals surface area (Å²) in [5, 5.41) is 11.8. The van der Waals surface area contributed by atoms with Crippen molar-refractivity contribution in [3.63, 3.8) is 0 Å². The van der Waals surface area contributed by atoms with Gasteiger partial charge in [0.1, 0.15) is 6.07 Å². The highest BCUT2D eigenvalue weighted by atomic mass is 79.9. The van der Waals surface area contributed by atoms with Gasteiger partial charge in [0, 0.05) is 11.0 Å². The van der Waals surface area contributed by atoms with Crippen molar-refractivity contribution in [2.75, 3.05) is 5.32 Å². The molecule has 96 valence electrons.